The lowest BCUT2D eigenvalue weighted by atomic mass is 10.5. The van der Waals surface area contributed by atoms with Crippen LogP contribution in [0.4, 0.5) is 0 Å². The number of esters is 1. The minimum atomic E-state index is -3.56. The summed E-state index contributed by atoms with van der Waals surface area (Å²) in [5.74, 6) is -2.08. The second-order valence-corrected chi connectivity index (χ2v) is 7.38. The summed E-state index contributed by atoms with van der Waals surface area (Å²) in [6.45, 7) is 3.06. The lowest BCUT2D eigenvalue weighted by Gasteiger charge is -2.02. The third kappa shape index (κ3) is 6.57. The van der Waals surface area contributed by atoms with Gasteiger partial charge in [0.05, 0.1) is 30.8 Å². The average molecular weight is 270 g/mol. The summed E-state index contributed by atoms with van der Waals surface area (Å²) < 4.78 is 48.8. The Morgan fingerprint density at radius 3 is 2.19 bits per heavy atom. The molecule has 94 valence electrons. The number of rotatable bonds is 7. The molecule has 0 aromatic heterocycles. The number of hydrogen-bond donors (Lipinski definition) is 0. The van der Waals surface area contributed by atoms with Crippen LogP contribution in [-0.2, 0) is 29.2 Å². The highest BCUT2D eigenvalue weighted by atomic mass is 32.2. The molecule has 0 aliphatic heterocycles. The van der Waals surface area contributed by atoms with E-state index in [1.165, 1.54) is 0 Å². The fourth-order valence-corrected chi connectivity index (χ4v) is 3.56. The Morgan fingerprint density at radius 1 is 1.19 bits per heavy atom. The summed E-state index contributed by atoms with van der Waals surface area (Å²) in [7, 11) is -5.94. The Morgan fingerprint density at radius 2 is 1.75 bits per heavy atom. The van der Waals surface area contributed by atoms with Crippen LogP contribution in [0, 0.1) is 0 Å². The average Bonchev–Trinajstić information content (AvgIpc) is 2.24. The molecule has 0 unspecified atom stereocenters. The van der Waals surface area contributed by atoms with Gasteiger partial charge in [-0.2, -0.15) is 0 Å². The lowest BCUT2D eigenvalue weighted by Crippen LogP contribution is -2.20. The molecular weight excluding hydrogens is 256 g/mol. The molecule has 0 bridgehead atoms. The third-order valence-corrected chi connectivity index (χ3v) is 4.97. The Balaban J connectivity index is 4.28. The number of methoxy groups -OCH3 is 1. The Bertz CT molecular complexity index is 445. The van der Waals surface area contributed by atoms with Gasteiger partial charge in [0.25, 0.3) is 0 Å². The third-order valence-electron chi connectivity index (χ3n) is 1.78. The van der Waals surface area contributed by atoms with Gasteiger partial charge in [-0.15, -0.1) is 0 Å². The van der Waals surface area contributed by atoms with Crippen molar-refractivity contribution in [3.8, 4) is 0 Å². The maximum Gasteiger partial charge on any atom is 0.306 e. The van der Waals surface area contributed by atoms with Gasteiger partial charge in [0.2, 0.25) is 0 Å². The molecule has 0 N–H and O–H groups in total. The van der Waals surface area contributed by atoms with Crippen LogP contribution in [0.15, 0.2) is 12.0 Å². The van der Waals surface area contributed by atoms with Crippen LogP contribution in [-0.4, -0.2) is 47.2 Å². The standard InChI is InChI=1S/C8H14O6S2/c1-3-15(10,11)6-7-16(12,13)5-4-8(9)14-2/h3H,1,4-7H2,2H3. The van der Waals surface area contributed by atoms with Crippen LogP contribution < -0.4 is 0 Å². The largest absolute Gasteiger partial charge is 0.469 e. The fourth-order valence-electron chi connectivity index (χ4n) is 0.769. The Kier molecular flexibility index (Phi) is 5.66. The molecule has 0 aliphatic carbocycles. The van der Waals surface area contributed by atoms with E-state index in [-0.39, 0.29) is 6.42 Å². The fraction of sp³-hybridized carbons (Fsp3) is 0.625. The maximum atomic E-state index is 11.3. The van der Waals surface area contributed by atoms with Crippen LogP contribution in [0.5, 0.6) is 0 Å². The molecule has 0 saturated carbocycles. The molecule has 8 heteroatoms. The predicted molar refractivity (Wildman–Crippen MR) is 59.3 cm³/mol. The van der Waals surface area contributed by atoms with E-state index in [9.17, 15) is 21.6 Å². The summed E-state index contributed by atoms with van der Waals surface area (Å²) in [6, 6.07) is 0. The van der Waals surface area contributed by atoms with Crippen molar-refractivity contribution in [3.63, 3.8) is 0 Å². The van der Waals surface area contributed by atoms with Gasteiger partial charge in [0, 0.05) is 5.41 Å². The molecule has 0 fully saturated rings. The van der Waals surface area contributed by atoms with Crippen molar-refractivity contribution in [2.24, 2.45) is 0 Å². The highest BCUT2D eigenvalue weighted by Crippen LogP contribution is 1.99. The van der Waals surface area contributed by atoms with Gasteiger partial charge in [0.15, 0.2) is 19.7 Å². The molecule has 6 nitrogen and oxygen atoms in total. The zero-order valence-corrected chi connectivity index (χ0v) is 10.5. The molecule has 0 aromatic rings. The number of carbonyl (C=O) groups is 1. The number of ether oxygens (including phenoxy) is 1. The number of sulfone groups is 2. The topological polar surface area (TPSA) is 94.6 Å². The van der Waals surface area contributed by atoms with Gasteiger partial charge in [-0.05, 0) is 0 Å². The summed E-state index contributed by atoms with van der Waals surface area (Å²) in [4.78, 5) is 10.7. The van der Waals surface area contributed by atoms with Crippen LogP contribution in [0.1, 0.15) is 6.42 Å². The van der Waals surface area contributed by atoms with E-state index in [1.54, 1.807) is 0 Å². The molecule has 0 radical (unpaired) electrons. The highest BCUT2D eigenvalue weighted by Gasteiger charge is 2.17. The van der Waals surface area contributed by atoms with E-state index in [2.05, 4.69) is 11.3 Å². The first-order valence-electron chi connectivity index (χ1n) is 4.35. The molecule has 0 saturated heterocycles. The first-order chi connectivity index (χ1) is 7.22. The van der Waals surface area contributed by atoms with Crippen molar-refractivity contribution >= 4 is 25.6 Å². The minimum Gasteiger partial charge on any atom is -0.469 e. The summed E-state index contributed by atoms with van der Waals surface area (Å²) >= 11 is 0. The summed E-state index contributed by atoms with van der Waals surface area (Å²) in [5, 5.41) is 0.711. The van der Waals surface area contributed by atoms with Crippen LogP contribution in [0.3, 0.4) is 0 Å². The van der Waals surface area contributed by atoms with E-state index in [1.807, 2.05) is 0 Å². The van der Waals surface area contributed by atoms with Crippen LogP contribution >= 0.6 is 0 Å². The van der Waals surface area contributed by atoms with Crippen molar-refractivity contribution < 1.29 is 26.4 Å². The molecule has 0 aromatic carbocycles. The van der Waals surface area contributed by atoms with E-state index in [4.69, 9.17) is 0 Å². The zero-order valence-electron chi connectivity index (χ0n) is 8.88. The SMILES string of the molecule is C=CS(=O)(=O)CCS(=O)(=O)CCC(=O)OC. The molecule has 16 heavy (non-hydrogen) atoms. The van der Waals surface area contributed by atoms with Crippen molar-refractivity contribution in [2.75, 3.05) is 24.4 Å². The molecule has 0 rings (SSSR count). The van der Waals surface area contributed by atoms with E-state index in [0.29, 0.717) is 5.41 Å². The maximum absolute atomic E-state index is 11.3. The molecule has 0 amide bonds. The Hall–Kier alpha value is -0.890. The molecule has 0 aliphatic rings. The van der Waals surface area contributed by atoms with Crippen LogP contribution in [0.25, 0.3) is 0 Å². The number of hydrogen-bond acceptors (Lipinski definition) is 6. The van der Waals surface area contributed by atoms with Gasteiger partial charge in [0.1, 0.15) is 0 Å². The second kappa shape index (κ2) is 6.00. The first kappa shape index (κ1) is 15.1. The lowest BCUT2D eigenvalue weighted by molar-refractivity contribution is -0.140. The monoisotopic (exact) mass is 270 g/mol. The molecule has 0 atom stereocenters. The number of carbonyl (C=O) groups excluding carboxylic acids is 1. The summed E-state index contributed by atoms with van der Waals surface area (Å²) in [6.07, 6.45) is -0.271. The van der Waals surface area contributed by atoms with E-state index >= 15 is 0 Å². The van der Waals surface area contributed by atoms with E-state index in [0.717, 1.165) is 7.11 Å². The van der Waals surface area contributed by atoms with Gasteiger partial charge in [-0.3, -0.25) is 4.79 Å². The van der Waals surface area contributed by atoms with Crippen molar-refractivity contribution in [2.45, 2.75) is 6.42 Å². The highest BCUT2D eigenvalue weighted by molar-refractivity contribution is 7.96. The summed E-state index contributed by atoms with van der Waals surface area (Å²) in [5.41, 5.74) is 0. The smallest absolute Gasteiger partial charge is 0.306 e. The van der Waals surface area contributed by atoms with E-state index < -0.39 is 42.9 Å². The zero-order chi connectivity index (χ0) is 12.8. The predicted octanol–water partition coefficient (Wildman–Crippen LogP) is -0.477. The first-order valence-corrected chi connectivity index (χ1v) is 7.88. The van der Waals surface area contributed by atoms with Gasteiger partial charge >= 0.3 is 5.97 Å². The molecular formula is C8H14O6S2. The van der Waals surface area contributed by atoms with Gasteiger partial charge < -0.3 is 4.74 Å². The molecule has 0 heterocycles. The van der Waals surface area contributed by atoms with Gasteiger partial charge in [-0.25, -0.2) is 16.8 Å². The normalized spacial score (nSPS) is 12.1. The quantitative estimate of drug-likeness (QED) is 0.580. The van der Waals surface area contributed by atoms with Crippen molar-refractivity contribution in [3.05, 3.63) is 12.0 Å². The minimum absolute atomic E-state index is 0.271. The molecule has 0 spiro atoms. The Labute approximate surface area is 95.1 Å². The van der Waals surface area contributed by atoms with Crippen molar-refractivity contribution in [1.82, 2.24) is 0 Å². The van der Waals surface area contributed by atoms with Gasteiger partial charge in [-0.1, -0.05) is 6.58 Å². The van der Waals surface area contributed by atoms with Crippen molar-refractivity contribution in [1.29, 1.82) is 0 Å². The second-order valence-electron chi connectivity index (χ2n) is 3.01. The van der Waals surface area contributed by atoms with Crippen LogP contribution in [0.2, 0.25) is 0 Å².